The lowest BCUT2D eigenvalue weighted by Gasteiger charge is -2.28. The van der Waals surface area contributed by atoms with E-state index in [-0.39, 0.29) is 6.10 Å². The Kier molecular flexibility index (Phi) is 4.03. The van der Waals surface area contributed by atoms with E-state index in [1.807, 2.05) is 25.1 Å². The topological polar surface area (TPSA) is 41.3 Å². The smallest absolute Gasteiger partial charge is 0.106 e. The van der Waals surface area contributed by atoms with Gasteiger partial charge in [-0.2, -0.15) is 0 Å². The van der Waals surface area contributed by atoms with Crippen LogP contribution in [0.1, 0.15) is 25.1 Å². The number of rotatable bonds is 4. The second kappa shape index (κ2) is 5.94. The van der Waals surface area contributed by atoms with Gasteiger partial charge in [0, 0.05) is 6.54 Å². The van der Waals surface area contributed by atoms with Crippen LogP contribution >= 0.6 is 0 Å². The summed E-state index contributed by atoms with van der Waals surface area (Å²) in [4.78, 5) is 6.93. The molecule has 1 saturated heterocycles. The number of aliphatic hydroxyl groups is 1. The fourth-order valence-corrected chi connectivity index (χ4v) is 3.13. The molecule has 1 N–H and O–H groups in total. The van der Waals surface area contributed by atoms with Crippen LogP contribution < -0.4 is 0 Å². The van der Waals surface area contributed by atoms with Gasteiger partial charge in [-0.3, -0.25) is 0 Å². The van der Waals surface area contributed by atoms with Crippen LogP contribution in [0.3, 0.4) is 0 Å². The number of piperidine rings is 1. The third-order valence-corrected chi connectivity index (χ3v) is 4.16. The Morgan fingerprint density at radius 3 is 2.70 bits per heavy atom. The molecule has 1 aromatic heterocycles. The van der Waals surface area contributed by atoms with Crippen molar-refractivity contribution in [2.75, 3.05) is 19.6 Å². The summed E-state index contributed by atoms with van der Waals surface area (Å²) in [6.07, 6.45) is 3.53. The Morgan fingerprint density at radius 2 is 1.90 bits per heavy atom. The number of hydrogen-bond acceptors (Lipinski definition) is 3. The largest absolute Gasteiger partial charge is 0.390 e. The zero-order valence-corrected chi connectivity index (χ0v) is 12.1. The van der Waals surface area contributed by atoms with Crippen LogP contribution in [0.5, 0.6) is 0 Å². The van der Waals surface area contributed by atoms with E-state index in [9.17, 15) is 5.11 Å². The van der Waals surface area contributed by atoms with Gasteiger partial charge in [-0.05, 0) is 45.0 Å². The number of likely N-dealkylation sites (tertiary alicyclic amines) is 1. The molecular weight excluding hydrogens is 250 g/mol. The highest BCUT2D eigenvalue weighted by molar-refractivity contribution is 5.75. The van der Waals surface area contributed by atoms with Crippen molar-refractivity contribution in [3.05, 3.63) is 30.1 Å². The molecular formula is C16H23N3O. The van der Waals surface area contributed by atoms with Gasteiger partial charge in [-0.15, -0.1) is 0 Å². The summed E-state index contributed by atoms with van der Waals surface area (Å²) in [5.41, 5.74) is 2.12. The van der Waals surface area contributed by atoms with Crippen molar-refractivity contribution in [3.63, 3.8) is 0 Å². The molecule has 1 aromatic carbocycles. The number of imidazole rings is 1. The number of nitrogens with zero attached hydrogens (tertiary/aromatic N) is 3. The molecule has 2 heterocycles. The fourth-order valence-electron chi connectivity index (χ4n) is 3.13. The second-order valence-electron chi connectivity index (χ2n) is 5.77. The van der Waals surface area contributed by atoms with E-state index in [0.29, 0.717) is 6.54 Å². The number of aromatic nitrogens is 2. The Labute approximate surface area is 120 Å². The molecule has 0 bridgehead atoms. The van der Waals surface area contributed by atoms with Crippen molar-refractivity contribution in [1.29, 1.82) is 0 Å². The monoisotopic (exact) mass is 273 g/mol. The summed E-state index contributed by atoms with van der Waals surface area (Å²) in [5.74, 6) is 0.976. The van der Waals surface area contributed by atoms with Gasteiger partial charge in [0.1, 0.15) is 5.82 Å². The van der Waals surface area contributed by atoms with Gasteiger partial charge in [-0.1, -0.05) is 18.6 Å². The predicted molar refractivity (Wildman–Crippen MR) is 80.8 cm³/mol. The van der Waals surface area contributed by atoms with E-state index in [1.165, 1.54) is 19.3 Å². The Hall–Kier alpha value is -1.39. The summed E-state index contributed by atoms with van der Waals surface area (Å²) in [5, 5.41) is 10.4. The van der Waals surface area contributed by atoms with Gasteiger partial charge in [0.2, 0.25) is 0 Å². The molecule has 1 aliphatic rings. The highest BCUT2D eigenvalue weighted by atomic mass is 16.3. The van der Waals surface area contributed by atoms with Gasteiger partial charge in [-0.25, -0.2) is 4.98 Å². The third kappa shape index (κ3) is 2.86. The third-order valence-electron chi connectivity index (χ3n) is 4.16. The number of β-amino-alcohol motifs (C(OH)–C–C–N with tert-alkyl or cyclic N) is 1. The molecule has 2 aromatic rings. The van der Waals surface area contributed by atoms with Crippen LogP contribution in [0.4, 0.5) is 0 Å². The van der Waals surface area contributed by atoms with Gasteiger partial charge in [0.25, 0.3) is 0 Å². The quantitative estimate of drug-likeness (QED) is 0.928. The predicted octanol–water partition coefficient (Wildman–Crippen LogP) is 2.19. The lowest BCUT2D eigenvalue weighted by atomic mass is 10.1. The van der Waals surface area contributed by atoms with Crippen LogP contribution in [0.15, 0.2) is 24.3 Å². The van der Waals surface area contributed by atoms with E-state index in [2.05, 4.69) is 20.5 Å². The van der Waals surface area contributed by atoms with Gasteiger partial charge in [0.05, 0.1) is 23.7 Å². The molecule has 0 spiro atoms. The average Bonchev–Trinajstić information content (AvgIpc) is 2.76. The summed E-state index contributed by atoms with van der Waals surface area (Å²) in [6, 6.07) is 8.12. The first-order valence-corrected chi connectivity index (χ1v) is 7.56. The summed E-state index contributed by atoms with van der Waals surface area (Å²) >= 11 is 0. The highest BCUT2D eigenvalue weighted by Gasteiger charge is 2.16. The number of aryl methyl sites for hydroxylation is 1. The molecule has 0 amide bonds. The number of aliphatic hydroxyl groups excluding tert-OH is 1. The first-order chi connectivity index (χ1) is 9.74. The maximum absolute atomic E-state index is 10.4. The van der Waals surface area contributed by atoms with Crippen molar-refractivity contribution >= 4 is 11.0 Å². The normalized spacial score (nSPS) is 18.5. The molecule has 1 atom stereocenters. The molecule has 0 radical (unpaired) electrons. The Balaban J connectivity index is 1.70. The van der Waals surface area contributed by atoms with Crippen molar-refractivity contribution in [3.8, 4) is 0 Å². The van der Waals surface area contributed by atoms with E-state index in [1.54, 1.807) is 0 Å². The van der Waals surface area contributed by atoms with Crippen LogP contribution in [0.2, 0.25) is 0 Å². The average molecular weight is 273 g/mol. The molecule has 4 heteroatoms. The lowest BCUT2D eigenvalue weighted by molar-refractivity contribution is 0.0887. The summed E-state index contributed by atoms with van der Waals surface area (Å²) in [6.45, 7) is 5.66. The number of para-hydroxylation sites is 2. The van der Waals surface area contributed by atoms with Crippen molar-refractivity contribution in [2.24, 2.45) is 0 Å². The molecule has 0 saturated carbocycles. The fraction of sp³-hybridized carbons (Fsp3) is 0.562. The summed E-state index contributed by atoms with van der Waals surface area (Å²) in [7, 11) is 0. The van der Waals surface area contributed by atoms with Crippen LogP contribution in [0, 0.1) is 6.92 Å². The first-order valence-electron chi connectivity index (χ1n) is 7.56. The second-order valence-corrected chi connectivity index (χ2v) is 5.77. The van der Waals surface area contributed by atoms with Gasteiger partial charge >= 0.3 is 0 Å². The minimum absolute atomic E-state index is 0.329. The SMILES string of the molecule is Cc1nc2ccccc2n1CC(O)CN1CCCCC1. The van der Waals surface area contributed by atoms with Crippen LogP contribution in [-0.2, 0) is 6.54 Å². The molecule has 1 unspecified atom stereocenters. The zero-order chi connectivity index (χ0) is 13.9. The van der Waals surface area contributed by atoms with Gasteiger partial charge < -0.3 is 14.6 Å². The minimum Gasteiger partial charge on any atom is -0.390 e. The van der Waals surface area contributed by atoms with Crippen molar-refractivity contribution in [1.82, 2.24) is 14.5 Å². The lowest BCUT2D eigenvalue weighted by Crippen LogP contribution is -2.38. The molecule has 4 nitrogen and oxygen atoms in total. The van der Waals surface area contributed by atoms with E-state index >= 15 is 0 Å². The van der Waals surface area contributed by atoms with E-state index in [4.69, 9.17) is 0 Å². The summed E-state index contributed by atoms with van der Waals surface area (Å²) < 4.78 is 2.13. The molecule has 108 valence electrons. The molecule has 3 rings (SSSR count). The number of fused-ring (bicyclic) bond motifs is 1. The Bertz CT molecular complexity index is 572. The Morgan fingerprint density at radius 1 is 1.15 bits per heavy atom. The van der Waals surface area contributed by atoms with Crippen LogP contribution in [-0.4, -0.2) is 45.3 Å². The van der Waals surface area contributed by atoms with E-state index < -0.39 is 0 Å². The first kappa shape index (κ1) is 13.6. The standard InChI is InChI=1S/C16H23N3O/c1-13-17-15-7-3-4-8-16(15)19(13)12-14(20)11-18-9-5-2-6-10-18/h3-4,7-8,14,20H,2,5-6,9-12H2,1H3. The van der Waals surface area contributed by atoms with Crippen LogP contribution in [0.25, 0.3) is 11.0 Å². The maximum atomic E-state index is 10.4. The highest BCUT2D eigenvalue weighted by Crippen LogP contribution is 2.16. The molecule has 1 fully saturated rings. The van der Waals surface area contributed by atoms with Crippen molar-refractivity contribution < 1.29 is 5.11 Å². The van der Waals surface area contributed by atoms with Gasteiger partial charge in [0.15, 0.2) is 0 Å². The zero-order valence-electron chi connectivity index (χ0n) is 12.1. The minimum atomic E-state index is -0.329. The van der Waals surface area contributed by atoms with E-state index in [0.717, 1.165) is 36.5 Å². The molecule has 1 aliphatic heterocycles. The molecule has 20 heavy (non-hydrogen) atoms. The molecule has 0 aliphatic carbocycles. The maximum Gasteiger partial charge on any atom is 0.106 e. The number of benzene rings is 1. The van der Waals surface area contributed by atoms with Crippen molar-refractivity contribution in [2.45, 2.75) is 38.8 Å². The number of hydrogen-bond donors (Lipinski definition) is 1.